The summed E-state index contributed by atoms with van der Waals surface area (Å²) in [7, 11) is 0. The van der Waals surface area contributed by atoms with Crippen molar-refractivity contribution in [2.45, 2.75) is 64.1 Å². The van der Waals surface area contributed by atoms with Gasteiger partial charge in [-0.2, -0.15) is 0 Å². The minimum atomic E-state index is -0.00750. The molecule has 2 aliphatic carbocycles. The summed E-state index contributed by atoms with van der Waals surface area (Å²) in [4.78, 5) is 0. The maximum absolute atomic E-state index is 9.59. The minimum absolute atomic E-state index is 0.00750. The number of aliphatic hydroxyl groups excluding tert-OH is 1. The highest BCUT2D eigenvalue weighted by molar-refractivity contribution is 6.33. The van der Waals surface area contributed by atoms with Crippen molar-refractivity contribution in [3.8, 4) is 5.75 Å². The first kappa shape index (κ1) is 13.3. The van der Waals surface area contributed by atoms with E-state index in [1.807, 2.05) is 13.8 Å². The Morgan fingerprint density at radius 1 is 1.26 bits per heavy atom. The molecule has 0 saturated heterocycles. The molecule has 0 bridgehead atoms. The van der Waals surface area contributed by atoms with Crippen LogP contribution in [0.5, 0.6) is 5.75 Å². The first-order valence-corrected chi connectivity index (χ1v) is 7.62. The van der Waals surface area contributed by atoms with Gasteiger partial charge in [0, 0.05) is 5.56 Å². The highest BCUT2D eigenvalue weighted by Crippen LogP contribution is 2.54. The fourth-order valence-corrected chi connectivity index (χ4v) is 3.15. The molecule has 2 nitrogen and oxygen atoms in total. The van der Waals surface area contributed by atoms with Crippen LogP contribution in [0, 0.1) is 0 Å². The number of halogens is 1. The highest BCUT2D eigenvalue weighted by Gasteiger charge is 2.36. The molecule has 0 aliphatic heterocycles. The van der Waals surface area contributed by atoms with Crippen molar-refractivity contribution >= 4 is 11.6 Å². The van der Waals surface area contributed by atoms with E-state index in [4.69, 9.17) is 16.3 Å². The van der Waals surface area contributed by atoms with E-state index >= 15 is 0 Å². The zero-order valence-corrected chi connectivity index (χ0v) is 12.3. The van der Waals surface area contributed by atoms with Gasteiger partial charge in [-0.05, 0) is 68.6 Å². The summed E-state index contributed by atoms with van der Waals surface area (Å²) in [6.07, 6.45) is 5.05. The first-order chi connectivity index (χ1) is 9.11. The Hall–Kier alpha value is -0.730. The number of rotatable bonds is 5. The Balaban J connectivity index is 2.09. The average molecular weight is 281 g/mol. The Morgan fingerprint density at radius 3 is 2.37 bits per heavy atom. The summed E-state index contributed by atoms with van der Waals surface area (Å²) in [5.74, 6) is 1.97. The standard InChI is InChI=1S/C16H21ClO2/c1-9(2)19-16-12(8-18)7-13(10-3-4-10)14(15(16)17)11-5-6-11/h7,9-11,18H,3-6,8H2,1-2H3. The third kappa shape index (κ3) is 2.61. The van der Waals surface area contributed by atoms with Gasteiger partial charge in [0.1, 0.15) is 5.75 Å². The second kappa shape index (κ2) is 4.99. The third-order valence-corrected chi connectivity index (χ3v) is 4.27. The van der Waals surface area contributed by atoms with Gasteiger partial charge in [-0.15, -0.1) is 0 Å². The maximum atomic E-state index is 9.59. The van der Waals surface area contributed by atoms with Crippen molar-refractivity contribution in [2.75, 3.05) is 0 Å². The van der Waals surface area contributed by atoms with Gasteiger partial charge in [0.25, 0.3) is 0 Å². The second-order valence-corrected chi connectivity index (χ2v) is 6.43. The minimum Gasteiger partial charge on any atom is -0.489 e. The Bertz CT molecular complexity index is 488. The quantitative estimate of drug-likeness (QED) is 0.868. The largest absolute Gasteiger partial charge is 0.489 e. The predicted molar refractivity (Wildman–Crippen MR) is 77.1 cm³/mol. The lowest BCUT2D eigenvalue weighted by Gasteiger charge is -2.20. The zero-order valence-electron chi connectivity index (χ0n) is 11.6. The highest BCUT2D eigenvalue weighted by atomic mass is 35.5. The summed E-state index contributed by atoms with van der Waals surface area (Å²) in [5.41, 5.74) is 3.51. The lowest BCUT2D eigenvalue weighted by molar-refractivity contribution is 0.225. The molecule has 1 aromatic rings. The van der Waals surface area contributed by atoms with Crippen molar-refractivity contribution in [3.63, 3.8) is 0 Å². The van der Waals surface area contributed by atoms with Crippen molar-refractivity contribution in [2.24, 2.45) is 0 Å². The molecule has 3 rings (SSSR count). The molecule has 2 fully saturated rings. The van der Waals surface area contributed by atoms with Crippen molar-refractivity contribution in [1.29, 1.82) is 0 Å². The predicted octanol–water partition coefficient (Wildman–Crippen LogP) is 4.37. The summed E-state index contributed by atoms with van der Waals surface area (Å²) in [6, 6.07) is 2.13. The molecule has 2 aliphatic rings. The van der Waals surface area contributed by atoms with Crippen molar-refractivity contribution < 1.29 is 9.84 Å². The van der Waals surface area contributed by atoms with Gasteiger partial charge in [0.05, 0.1) is 17.7 Å². The van der Waals surface area contributed by atoms with Crippen LogP contribution in [0.25, 0.3) is 0 Å². The van der Waals surface area contributed by atoms with Crippen LogP contribution in [0.2, 0.25) is 5.02 Å². The van der Waals surface area contributed by atoms with E-state index in [1.165, 1.54) is 36.8 Å². The SMILES string of the molecule is CC(C)Oc1c(CO)cc(C2CC2)c(C2CC2)c1Cl. The number of hydrogen-bond donors (Lipinski definition) is 1. The summed E-state index contributed by atoms with van der Waals surface area (Å²) >= 11 is 6.61. The smallest absolute Gasteiger partial charge is 0.144 e. The monoisotopic (exact) mass is 280 g/mol. The molecule has 0 aromatic heterocycles. The fourth-order valence-electron chi connectivity index (χ4n) is 2.72. The zero-order chi connectivity index (χ0) is 13.6. The Labute approximate surface area is 119 Å². The molecule has 0 heterocycles. The molecule has 1 N–H and O–H groups in total. The van der Waals surface area contributed by atoms with E-state index in [0.29, 0.717) is 17.6 Å². The first-order valence-electron chi connectivity index (χ1n) is 7.24. The molecule has 0 radical (unpaired) electrons. The van der Waals surface area contributed by atoms with E-state index in [0.717, 1.165) is 10.6 Å². The molecule has 104 valence electrons. The summed E-state index contributed by atoms with van der Waals surface area (Å²) < 4.78 is 5.85. The average Bonchev–Trinajstić information content (AvgIpc) is 3.23. The van der Waals surface area contributed by atoms with E-state index in [1.54, 1.807) is 0 Å². The van der Waals surface area contributed by atoms with E-state index in [-0.39, 0.29) is 12.7 Å². The topological polar surface area (TPSA) is 29.5 Å². The van der Waals surface area contributed by atoms with Gasteiger partial charge in [-0.25, -0.2) is 0 Å². The lowest BCUT2D eigenvalue weighted by Crippen LogP contribution is -2.10. The molecule has 0 amide bonds. The number of benzene rings is 1. The molecular formula is C16H21ClO2. The van der Waals surface area contributed by atoms with Crippen LogP contribution in [-0.4, -0.2) is 11.2 Å². The van der Waals surface area contributed by atoms with E-state index < -0.39 is 0 Å². The summed E-state index contributed by atoms with van der Waals surface area (Å²) in [5, 5.41) is 10.3. The van der Waals surface area contributed by atoms with Gasteiger partial charge < -0.3 is 9.84 Å². The van der Waals surface area contributed by atoms with Gasteiger partial charge in [0.2, 0.25) is 0 Å². The molecule has 0 atom stereocenters. The van der Waals surface area contributed by atoms with Crippen LogP contribution in [0.15, 0.2) is 6.07 Å². The van der Waals surface area contributed by atoms with Crippen LogP contribution in [0.4, 0.5) is 0 Å². The normalized spacial score (nSPS) is 19.0. The molecular weight excluding hydrogens is 260 g/mol. The number of aliphatic hydroxyl groups is 1. The van der Waals surface area contributed by atoms with Crippen LogP contribution in [-0.2, 0) is 6.61 Å². The van der Waals surface area contributed by atoms with Gasteiger partial charge in [0.15, 0.2) is 0 Å². The number of ether oxygens (including phenoxy) is 1. The molecule has 3 heteroatoms. The molecule has 1 aromatic carbocycles. The van der Waals surface area contributed by atoms with Crippen LogP contribution >= 0.6 is 11.6 Å². The van der Waals surface area contributed by atoms with Gasteiger partial charge in [-0.1, -0.05) is 11.6 Å². The van der Waals surface area contributed by atoms with Crippen LogP contribution in [0.3, 0.4) is 0 Å². The molecule has 2 saturated carbocycles. The van der Waals surface area contributed by atoms with Crippen LogP contribution in [0.1, 0.15) is 68.1 Å². The molecule has 0 spiro atoms. The number of hydrogen-bond acceptors (Lipinski definition) is 2. The molecule has 0 unspecified atom stereocenters. The fraction of sp³-hybridized carbons (Fsp3) is 0.625. The second-order valence-electron chi connectivity index (χ2n) is 6.05. The third-order valence-electron chi connectivity index (χ3n) is 3.89. The van der Waals surface area contributed by atoms with Crippen molar-refractivity contribution in [1.82, 2.24) is 0 Å². The van der Waals surface area contributed by atoms with E-state index in [9.17, 15) is 5.11 Å². The Morgan fingerprint density at radius 2 is 1.89 bits per heavy atom. The van der Waals surface area contributed by atoms with Crippen LogP contribution < -0.4 is 4.74 Å². The molecule has 19 heavy (non-hydrogen) atoms. The summed E-state index contributed by atoms with van der Waals surface area (Å²) in [6.45, 7) is 3.97. The van der Waals surface area contributed by atoms with Gasteiger partial charge in [-0.3, -0.25) is 0 Å². The van der Waals surface area contributed by atoms with Gasteiger partial charge >= 0.3 is 0 Å². The van der Waals surface area contributed by atoms with Crippen molar-refractivity contribution in [3.05, 3.63) is 27.8 Å². The lowest BCUT2D eigenvalue weighted by atomic mass is 9.96. The maximum Gasteiger partial charge on any atom is 0.144 e. The Kier molecular flexibility index (Phi) is 3.48. The van der Waals surface area contributed by atoms with E-state index in [2.05, 4.69) is 6.07 Å².